The molecule has 2 aromatic rings. The highest BCUT2D eigenvalue weighted by Crippen LogP contribution is 2.30. The third-order valence-corrected chi connectivity index (χ3v) is 5.15. The second-order valence-corrected chi connectivity index (χ2v) is 6.96. The summed E-state index contributed by atoms with van der Waals surface area (Å²) >= 11 is 0. The largest absolute Gasteiger partial charge is 0.378 e. The second kappa shape index (κ2) is 7.86. The van der Waals surface area contributed by atoms with Gasteiger partial charge in [-0.3, -0.25) is 4.79 Å². The van der Waals surface area contributed by atoms with Crippen LogP contribution in [0.4, 0.5) is 4.79 Å². The van der Waals surface area contributed by atoms with Crippen LogP contribution in [0.5, 0.6) is 0 Å². The van der Waals surface area contributed by atoms with Crippen molar-refractivity contribution in [1.82, 2.24) is 15.5 Å². The summed E-state index contributed by atoms with van der Waals surface area (Å²) in [5, 5.41) is 5.64. The van der Waals surface area contributed by atoms with Crippen molar-refractivity contribution in [2.45, 2.75) is 13.0 Å². The number of morpholine rings is 1. The quantitative estimate of drug-likeness (QED) is 0.864. The number of nitrogens with one attached hydrogen (secondary N) is 2. The summed E-state index contributed by atoms with van der Waals surface area (Å²) in [7, 11) is 0. The topological polar surface area (TPSA) is 70.7 Å². The van der Waals surface area contributed by atoms with Gasteiger partial charge in [0.25, 0.3) is 5.91 Å². The minimum atomic E-state index is -0.478. The zero-order valence-corrected chi connectivity index (χ0v) is 15.8. The molecule has 1 fully saturated rings. The van der Waals surface area contributed by atoms with Crippen LogP contribution < -0.4 is 10.6 Å². The highest BCUT2D eigenvalue weighted by molar-refractivity contribution is 5.98. The summed E-state index contributed by atoms with van der Waals surface area (Å²) in [4.78, 5) is 27.0. The van der Waals surface area contributed by atoms with E-state index >= 15 is 0 Å². The normalized spacial score (nSPS) is 19.8. The van der Waals surface area contributed by atoms with Crippen LogP contribution in [0.25, 0.3) is 11.1 Å². The first-order valence-corrected chi connectivity index (χ1v) is 9.44. The third-order valence-electron chi connectivity index (χ3n) is 5.15. The predicted octanol–water partition coefficient (Wildman–Crippen LogP) is 2.84. The van der Waals surface area contributed by atoms with Crippen molar-refractivity contribution in [2.24, 2.45) is 0 Å². The highest BCUT2D eigenvalue weighted by atomic mass is 16.5. The summed E-state index contributed by atoms with van der Waals surface area (Å²) in [5.41, 5.74) is 4.27. The van der Waals surface area contributed by atoms with Crippen LogP contribution in [-0.2, 0) is 9.53 Å². The molecule has 0 aromatic heterocycles. The molecule has 6 heteroatoms. The average Bonchev–Trinajstić information content (AvgIpc) is 2.74. The van der Waals surface area contributed by atoms with E-state index in [1.165, 1.54) is 0 Å². The van der Waals surface area contributed by atoms with Gasteiger partial charge in [-0.15, -0.1) is 0 Å². The molecule has 3 amide bonds. The molecule has 0 aliphatic carbocycles. The maximum atomic E-state index is 13.2. The molecule has 2 aromatic carbocycles. The fourth-order valence-electron chi connectivity index (χ4n) is 3.66. The molecule has 4 rings (SSSR count). The van der Waals surface area contributed by atoms with E-state index in [-0.39, 0.29) is 11.9 Å². The zero-order valence-electron chi connectivity index (χ0n) is 15.8. The first kappa shape index (κ1) is 18.3. The van der Waals surface area contributed by atoms with Crippen LogP contribution in [0.1, 0.15) is 18.5 Å². The van der Waals surface area contributed by atoms with Crippen molar-refractivity contribution < 1.29 is 14.3 Å². The Morgan fingerprint density at radius 1 is 1.00 bits per heavy atom. The molecule has 6 nitrogen and oxygen atoms in total. The SMILES string of the molecule is CC1=C(C(=O)N2CCOCC2)C(c2ccc(-c3ccccc3)cc2)NC(=O)N1. The van der Waals surface area contributed by atoms with Crippen LogP contribution in [0.15, 0.2) is 65.9 Å². The van der Waals surface area contributed by atoms with Crippen molar-refractivity contribution in [1.29, 1.82) is 0 Å². The summed E-state index contributed by atoms with van der Waals surface area (Å²) in [5.74, 6) is -0.0644. The Kier molecular flexibility index (Phi) is 5.12. The third kappa shape index (κ3) is 3.64. The summed E-state index contributed by atoms with van der Waals surface area (Å²) < 4.78 is 5.35. The molecule has 1 unspecified atom stereocenters. The number of hydrogen-bond acceptors (Lipinski definition) is 3. The van der Waals surface area contributed by atoms with Gasteiger partial charge in [-0.2, -0.15) is 0 Å². The van der Waals surface area contributed by atoms with E-state index in [1.807, 2.05) is 42.5 Å². The lowest BCUT2D eigenvalue weighted by Gasteiger charge is -2.34. The van der Waals surface area contributed by atoms with Gasteiger partial charge < -0.3 is 20.3 Å². The fourth-order valence-corrected chi connectivity index (χ4v) is 3.66. The number of rotatable bonds is 3. The summed E-state index contributed by atoms with van der Waals surface area (Å²) in [6.07, 6.45) is 0. The highest BCUT2D eigenvalue weighted by Gasteiger charge is 2.34. The van der Waals surface area contributed by atoms with E-state index in [2.05, 4.69) is 22.8 Å². The minimum absolute atomic E-state index is 0.0644. The monoisotopic (exact) mass is 377 g/mol. The van der Waals surface area contributed by atoms with Gasteiger partial charge in [0, 0.05) is 18.8 Å². The van der Waals surface area contributed by atoms with Crippen LogP contribution in [0.3, 0.4) is 0 Å². The van der Waals surface area contributed by atoms with Crippen molar-refractivity contribution >= 4 is 11.9 Å². The number of hydrogen-bond donors (Lipinski definition) is 2. The molecular weight excluding hydrogens is 354 g/mol. The molecular formula is C22H23N3O3. The molecule has 0 radical (unpaired) electrons. The average molecular weight is 377 g/mol. The zero-order chi connectivity index (χ0) is 19.5. The molecule has 2 aliphatic heterocycles. The van der Waals surface area contributed by atoms with Crippen LogP contribution >= 0.6 is 0 Å². The van der Waals surface area contributed by atoms with E-state index < -0.39 is 6.04 Å². The number of nitrogens with zero attached hydrogens (tertiary/aromatic N) is 1. The molecule has 144 valence electrons. The molecule has 2 N–H and O–H groups in total. The van der Waals surface area contributed by atoms with Crippen molar-refractivity contribution in [3.63, 3.8) is 0 Å². The summed E-state index contributed by atoms with van der Waals surface area (Å²) in [6.45, 7) is 3.97. The number of allylic oxidation sites excluding steroid dienone is 1. The maximum absolute atomic E-state index is 13.2. The Morgan fingerprint density at radius 2 is 1.64 bits per heavy atom. The second-order valence-electron chi connectivity index (χ2n) is 6.96. The number of carbonyl (C=O) groups excluding carboxylic acids is 2. The standard InChI is InChI=1S/C22H23N3O3/c1-15-19(21(26)25-11-13-28-14-12-25)20(24-22(27)23-15)18-9-7-17(8-10-18)16-5-3-2-4-6-16/h2-10,20H,11-14H2,1H3,(H2,23,24,27). The molecule has 0 bridgehead atoms. The van der Waals surface area contributed by atoms with Crippen LogP contribution in [0.2, 0.25) is 0 Å². The number of ether oxygens (including phenoxy) is 1. The number of carbonyl (C=O) groups is 2. The molecule has 0 saturated carbocycles. The van der Waals surface area contributed by atoms with Crippen LogP contribution in [0, 0.1) is 0 Å². The lowest BCUT2D eigenvalue weighted by atomic mass is 9.93. The number of urea groups is 1. The Hall–Kier alpha value is -3.12. The summed E-state index contributed by atoms with van der Waals surface area (Å²) in [6, 6.07) is 17.3. The lowest BCUT2D eigenvalue weighted by molar-refractivity contribution is -0.131. The fraction of sp³-hybridized carbons (Fsp3) is 0.273. The molecule has 2 heterocycles. The predicted molar refractivity (Wildman–Crippen MR) is 106 cm³/mol. The molecule has 28 heavy (non-hydrogen) atoms. The van der Waals surface area contributed by atoms with Crippen molar-refractivity contribution in [3.8, 4) is 11.1 Å². The molecule has 1 saturated heterocycles. The number of amides is 3. The first-order chi connectivity index (χ1) is 13.6. The van der Waals surface area contributed by atoms with E-state index in [4.69, 9.17) is 4.74 Å². The lowest BCUT2D eigenvalue weighted by Crippen LogP contribution is -2.49. The van der Waals surface area contributed by atoms with Gasteiger partial charge in [-0.1, -0.05) is 54.6 Å². The first-order valence-electron chi connectivity index (χ1n) is 9.44. The van der Waals surface area contributed by atoms with Gasteiger partial charge in [0.05, 0.1) is 24.8 Å². The molecule has 0 spiro atoms. The maximum Gasteiger partial charge on any atom is 0.319 e. The Morgan fingerprint density at radius 3 is 2.32 bits per heavy atom. The van der Waals surface area contributed by atoms with Gasteiger partial charge in [0.15, 0.2) is 0 Å². The van der Waals surface area contributed by atoms with E-state index in [0.29, 0.717) is 37.6 Å². The molecule has 2 aliphatic rings. The van der Waals surface area contributed by atoms with E-state index in [1.54, 1.807) is 11.8 Å². The van der Waals surface area contributed by atoms with Gasteiger partial charge in [-0.05, 0) is 23.6 Å². The van der Waals surface area contributed by atoms with Gasteiger partial charge in [0.1, 0.15) is 0 Å². The Bertz CT molecular complexity index is 900. The minimum Gasteiger partial charge on any atom is -0.378 e. The van der Waals surface area contributed by atoms with E-state index in [0.717, 1.165) is 16.7 Å². The Balaban J connectivity index is 1.65. The number of benzene rings is 2. The Labute approximate surface area is 164 Å². The van der Waals surface area contributed by atoms with E-state index in [9.17, 15) is 9.59 Å². The molecule has 1 atom stereocenters. The van der Waals surface area contributed by atoms with Gasteiger partial charge >= 0.3 is 6.03 Å². The van der Waals surface area contributed by atoms with Gasteiger partial charge in [0.2, 0.25) is 0 Å². The van der Waals surface area contributed by atoms with Crippen molar-refractivity contribution in [3.05, 3.63) is 71.4 Å². The van der Waals surface area contributed by atoms with Gasteiger partial charge in [-0.25, -0.2) is 4.79 Å². The van der Waals surface area contributed by atoms with Crippen LogP contribution in [-0.4, -0.2) is 43.1 Å². The van der Waals surface area contributed by atoms with Crippen molar-refractivity contribution in [2.75, 3.05) is 26.3 Å². The smallest absolute Gasteiger partial charge is 0.319 e.